The number of ketones is 1. The monoisotopic (exact) mass is 234 g/mol. The molecule has 3 rings (SSSR count). The fraction of sp³-hybridized carbons (Fsp3) is 0.643. The molecule has 0 unspecified atom stereocenters. The topological polar surface area (TPSA) is 46.5 Å². The van der Waals surface area contributed by atoms with Crippen molar-refractivity contribution < 1.29 is 14.6 Å². The summed E-state index contributed by atoms with van der Waals surface area (Å²) in [6.45, 7) is 4.80. The van der Waals surface area contributed by atoms with E-state index in [9.17, 15) is 9.90 Å². The van der Waals surface area contributed by atoms with Gasteiger partial charge in [-0.05, 0) is 29.4 Å². The van der Waals surface area contributed by atoms with Crippen molar-refractivity contribution in [1.29, 1.82) is 0 Å². The fourth-order valence-corrected chi connectivity index (χ4v) is 3.52. The summed E-state index contributed by atoms with van der Waals surface area (Å²) in [5.41, 5.74) is 1.13. The summed E-state index contributed by atoms with van der Waals surface area (Å²) in [6.07, 6.45) is 5.97. The lowest BCUT2D eigenvalue weighted by atomic mass is 9.58. The molecule has 2 aliphatic carbocycles. The van der Waals surface area contributed by atoms with Crippen molar-refractivity contribution in [2.45, 2.75) is 26.6 Å². The SMILES string of the molecule is CC1(C)C=CC(=O)[C@@H]2[C@H]3C(=CC[C@@H]21)CO[C@@H]3O. The predicted molar refractivity (Wildman–Crippen MR) is 63.1 cm³/mol. The summed E-state index contributed by atoms with van der Waals surface area (Å²) in [4.78, 5) is 12.1. The quantitative estimate of drug-likeness (QED) is 0.649. The van der Waals surface area contributed by atoms with E-state index in [-0.39, 0.29) is 29.0 Å². The van der Waals surface area contributed by atoms with Crippen molar-refractivity contribution >= 4 is 5.78 Å². The molecular formula is C14H18O3. The van der Waals surface area contributed by atoms with Crippen LogP contribution in [0, 0.1) is 23.2 Å². The maximum atomic E-state index is 12.1. The highest BCUT2D eigenvalue weighted by Crippen LogP contribution is 2.50. The second kappa shape index (κ2) is 3.53. The normalized spacial score (nSPS) is 43.0. The Bertz CT molecular complexity index is 419. The zero-order valence-corrected chi connectivity index (χ0v) is 10.2. The van der Waals surface area contributed by atoms with Gasteiger partial charge >= 0.3 is 0 Å². The summed E-state index contributed by atoms with van der Waals surface area (Å²) >= 11 is 0. The number of hydrogen-bond donors (Lipinski definition) is 1. The number of allylic oxidation sites excluding steroid dienone is 3. The number of rotatable bonds is 0. The molecule has 0 aromatic rings. The van der Waals surface area contributed by atoms with E-state index in [0.29, 0.717) is 6.61 Å². The largest absolute Gasteiger partial charge is 0.367 e. The van der Waals surface area contributed by atoms with Crippen LogP contribution in [0.4, 0.5) is 0 Å². The van der Waals surface area contributed by atoms with Gasteiger partial charge in [0, 0.05) is 11.8 Å². The highest BCUT2D eigenvalue weighted by Gasteiger charge is 2.51. The van der Waals surface area contributed by atoms with Crippen LogP contribution in [0.2, 0.25) is 0 Å². The number of carbonyl (C=O) groups is 1. The first kappa shape index (κ1) is 11.2. The van der Waals surface area contributed by atoms with Crippen molar-refractivity contribution in [3.05, 3.63) is 23.8 Å². The van der Waals surface area contributed by atoms with Crippen LogP contribution >= 0.6 is 0 Å². The van der Waals surface area contributed by atoms with Gasteiger partial charge in [0.25, 0.3) is 0 Å². The summed E-state index contributed by atoms with van der Waals surface area (Å²) < 4.78 is 5.28. The Morgan fingerprint density at radius 2 is 2.18 bits per heavy atom. The molecule has 3 heteroatoms. The van der Waals surface area contributed by atoms with Crippen LogP contribution in [0.15, 0.2) is 23.8 Å². The zero-order valence-electron chi connectivity index (χ0n) is 10.2. The van der Waals surface area contributed by atoms with Gasteiger partial charge in [0.2, 0.25) is 0 Å². The second-order valence-corrected chi connectivity index (χ2v) is 5.93. The average molecular weight is 234 g/mol. The number of carbonyl (C=O) groups excluding carboxylic acids is 1. The number of fused-ring (bicyclic) bond motifs is 3. The highest BCUT2D eigenvalue weighted by molar-refractivity contribution is 5.94. The van der Waals surface area contributed by atoms with E-state index in [2.05, 4.69) is 19.9 Å². The molecule has 0 bridgehead atoms. The molecular weight excluding hydrogens is 216 g/mol. The van der Waals surface area contributed by atoms with E-state index in [1.165, 1.54) is 0 Å². The van der Waals surface area contributed by atoms with Crippen LogP contribution < -0.4 is 0 Å². The minimum Gasteiger partial charge on any atom is -0.367 e. The van der Waals surface area contributed by atoms with Gasteiger partial charge in [0.15, 0.2) is 12.1 Å². The van der Waals surface area contributed by atoms with Gasteiger partial charge in [-0.3, -0.25) is 4.79 Å². The fourth-order valence-electron chi connectivity index (χ4n) is 3.52. The van der Waals surface area contributed by atoms with E-state index in [1.807, 2.05) is 6.08 Å². The van der Waals surface area contributed by atoms with Gasteiger partial charge in [0.1, 0.15) is 0 Å². The molecule has 0 aromatic heterocycles. The lowest BCUT2D eigenvalue weighted by Crippen LogP contribution is -2.45. The smallest absolute Gasteiger partial charge is 0.162 e. The standard InChI is InChI=1S/C14H18O3/c1-14(2)6-5-10(15)12-9(14)4-3-8-7-17-13(16)11(8)12/h3,5-6,9,11-13,16H,4,7H2,1-2H3/t9-,11+,12+,13-/m0/s1. The van der Waals surface area contributed by atoms with Crippen LogP contribution in [0.3, 0.4) is 0 Å². The lowest BCUT2D eigenvalue weighted by Gasteiger charge is -2.44. The van der Waals surface area contributed by atoms with Crippen LogP contribution in [0.25, 0.3) is 0 Å². The van der Waals surface area contributed by atoms with Gasteiger partial charge in [0.05, 0.1) is 6.61 Å². The third kappa shape index (κ3) is 1.53. The lowest BCUT2D eigenvalue weighted by molar-refractivity contribution is -0.135. The minimum atomic E-state index is -0.805. The van der Waals surface area contributed by atoms with Crippen molar-refractivity contribution in [3.8, 4) is 0 Å². The zero-order chi connectivity index (χ0) is 12.2. The van der Waals surface area contributed by atoms with Crippen LogP contribution in [0.5, 0.6) is 0 Å². The number of aliphatic hydroxyl groups excluding tert-OH is 1. The van der Waals surface area contributed by atoms with E-state index < -0.39 is 6.29 Å². The van der Waals surface area contributed by atoms with Gasteiger partial charge in [-0.25, -0.2) is 0 Å². The maximum absolute atomic E-state index is 12.1. The van der Waals surface area contributed by atoms with Gasteiger partial charge < -0.3 is 9.84 Å². The minimum absolute atomic E-state index is 0.0168. The van der Waals surface area contributed by atoms with Crippen molar-refractivity contribution in [1.82, 2.24) is 0 Å². The number of aliphatic hydroxyl groups is 1. The molecule has 17 heavy (non-hydrogen) atoms. The molecule has 1 heterocycles. The summed E-state index contributed by atoms with van der Waals surface area (Å²) in [6, 6.07) is 0. The molecule has 3 aliphatic rings. The Labute approximate surface area is 101 Å². The summed E-state index contributed by atoms with van der Waals surface area (Å²) in [5.74, 6) is 0.206. The Balaban J connectivity index is 2.04. The second-order valence-electron chi connectivity index (χ2n) is 5.93. The highest BCUT2D eigenvalue weighted by atomic mass is 16.6. The molecule has 1 N–H and O–H groups in total. The van der Waals surface area contributed by atoms with Crippen LogP contribution in [-0.4, -0.2) is 23.8 Å². The molecule has 3 nitrogen and oxygen atoms in total. The van der Waals surface area contributed by atoms with Crippen molar-refractivity contribution in [2.24, 2.45) is 23.2 Å². The molecule has 0 saturated carbocycles. The van der Waals surface area contributed by atoms with Gasteiger partial charge in [-0.15, -0.1) is 0 Å². The molecule has 92 valence electrons. The maximum Gasteiger partial charge on any atom is 0.162 e. The van der Waals surface area contributed by atoms with E-state index in [4.69, 9.17) is 4.74 Å². The van der Waals surface area contributed by atoms with Crippen LogP contribution in [-0.2, 0) is 9.53 Å². The summed E-state index contributed by atoms with van der Waals surface area (Å²) in [7, 11) is 0. The molecule has 0 aromatic carbocycles. The van der Waals surface area contributed by atoms with Crippen molar-refractivity contribution in [2.75, 3.05) is 6.61 Å². The Hall–Kier alpha value is -0.930. The first-order valence-electron chi connectivity index (χ1n) is 6.22. The first-order valence-corrected chi connectivity index (χ1v) is 6.22. The number of hydrogen-bond acceptors (Lipinski definition) is 3. The van der Waals surface area contributed by atoms with Crippen molar-refractivity contribution in [3.63, 3.8) is 0 Å². The van der Waals surface area contributed by atoms with E-state index in [1.54, 1.807) is 6.08 Å². The third-order valence-corrected chi connectivity index (χ3v) is 4.57. The molecule has 0 radical (unpaired) electrons. The Morgan fingerprint density at radius 3 is 2.94 bits per heavy atom. The molecule has 0 amide bonds. The Morgan fingerprint density at radius 1 is 1.41 bits per heavy atom. The molecule has 4 atom stereocenters. The van der Waals surface area contributed by atoms with Gasteiger partial charge in [-0.2, -0.15) is 0 Å². The van der Waals surface area contributed by atoms with E-state index >= 15 is 0 Å². The number of ether oxygens (including phenoxy) is 1. The Kier molecular flexibility index (Phi) is 2.32. The molecule has 0 spiro atoms. The predicted octanol–water partition coefficient (Wildman–Crippen LogP) is 1.68. The van der Waals surface area contributed by atoms with Gasteiger partial charge in [-0.1, -0.05) is 26.0 Å². The molecule has 1 fully saturated rings. The first-order chi connectivity index (χ1) is 8.00. The summed E-state index contributed by atoms with van der Waals surface area (Å²) in [5, 5.41) is 9.91. The van der Waals surface area contributed by atoms with E-state index in [0.717, 1.165) is 12.0 Å². The third-order valence-electron chi connectivity index (χ3n) is 4.57. The molecule has 1 saturated heterocycles. The van der Waals surface area contributed by atoms with Crippen LogP contribution in [0.1, 0.15) is 20.3 Å². The molecule has 1 aliphatic heterocycles. The average Bonchev–Trinajstić information content (AvgIpc) is 2.66.